The molecule has 0 bridgehead atoms. The summed E-state index contributed by atoms with van der Waals surface area (Å²) >= 11 is 0. The van der Waals surface area contributed by atoms with E-state index in [0.29, 0.717) is 22.7 Å². The highest BCUT2D eigenvalue weighted by atomic mass is 19.1. The summed E-state index contributed by atoms with van der Waals surface area (Å²) in [5.41, 5.74) is 9.43. The van der Waals surface area contributed by atoms with Gasteiger partial charge in [0.15, 0.2) is 0 Å². The lowest BCUT2D eigenvalue weighted by molar-refractivity contribution is 0.410. The lowest BCUT2D eigenvalue weighted by Crippen LogP contribution is -2.30. The second-order valence-electron chi connectivity index (χ2n) is 4.10. The Hall–Kier alpha value is -2.12. The van der Waals surface area contributed by atoms with E-state index in [-0.39, 0.29) is 0 Å². The summed E-state index contributed by atoms with van der Waals surface area (Å²) in [6, 6.07) is 3.99. The van der Waals surface area contributed by atoms with Crippen LogP contribution < -0.4 is 21.7 Å². The van der Waals surface area contributed by atoms with Gasteiger partial charge in [-0.05, 0) is 6.07 Å². The number of hydrogen-bond donors (Lipinski definition) is 3. The van der Waals surface area contributed by atoms with Crippen molar-refractivity contribution in [2.24, 2.45) is 12.9 Å². The summed E-state index contributed by atoms with van der Waals surface area (Å²) < 4.78 is 20.5. The van der Waals surface area contributed by atoms with E-state index in [4.69, 9.17) is 16.3 Å². The molecule has 1 aromatic heterocycles. The summed E-state index contributed by atoms with van der Waals surface area (Å²) in [6.45, 7) is 0. The van der Waals surface area contributed by atoms with Gasteiger partial charge in [-0.3, -0.25) is 10.5 Å². The number of halogens is 1. The van der Waals surface area contributed by atoms with Crippen LogP contribution in [-0.4, -0.2) is 16.9 Å². The van der Waals surface area contributed by atoms with Crippen molar-refractivity contribution in [3.63, 3.8) is 0 Å². The van der Waals surface area contributed by atoms with Gasteiger partial charge in [0.25, 0.3) is 0 Å². The molecule has 1 heterocycles. The zero-order valence-corrected chi connectivity index (χ0v) is 10.7. The third-order valence-corrected chi connectivity index (χ3v) is 3.01. The van der Waals surface area contributed by atoms with Gasteiger partial charge in [-0.15, -0.1) is 0 Å². The van der Waals surface area contributed by atoms with Gasteiger partial charge in [0.2, 0.25) is 0 Å². The number of anilines is 1. The van der Waals surface area contributed by atoms with Crippen LogP contribution in [0.1, 0.15) is 17.2 Å². The molecule has 0 radical (unpaired) electrons. The first kappa shape index (κ1) is 13.3. The van der Waals surface area contributed by atoms with Crippen LogP contribution >= 0.6 is 0 Å². The minimum absolute atomic E-state index is 0.378. The summed E-state index contributed by atoms with van der Waals surface area (Å²) in [6.07, 6.45) is 1.56. The number of nitrogens with two attached hydrogens (primary N) is 2. The Labute approximate surface area is 110 Å². The summed E-state index contributed by atoms with van der Waals surface area (Å²) in [5.74, 6) is 5.96. The molecule has 19 heavy (non-hydrogen) atoms. The molecule has 0 fully saturated rings. The normalized spacial score (nSPS) is 12.4. The van der Waals surface area contributed by atoms with Crippen LogP contribution in [0.15, 0.2) is 24.4 Å². The number of methoxy groups -OCH3 is 1. The molecular formula is C12H16FN5O. The predicted molar refractivity (Wildman–Crippen MR) is 69.7 cm³/mol. The lowest BCUT2D eigenvalue weighted by Gasteiger charge is -2.17. The van der Waals surface area contributed by atoms with Gasteiger partial charge in [-0.2, -0.15) is 5.10 Å². The molecule has 0 spiro atoms. The molecule has 0 saturated carbocycles. The van der Waals surface area contributed by atoms with Crippen LogP contribution in [0.4, 0.5) is 10.2 Å². The van der Waals surface area contributed by atoms with Crippen molar-refractivity contribution < 1.29 is 9.13 Å². The quantitative estimate of drug-likeness (QED) is 0.559. The second kappa shape index (κ2) is 5.25. The maximum absolute atomic E-state index is 14.1. The Morgan fingerprint density at radius 2 is 2.16 bits per heavy atom. The zero-order valence-electron chi connectivity index (χ0n) is 10.7. The summed E-state index contributed by atoms with van der Waals surface area (Å²) in [4.78, 5) is 0. The molecule has 1 atom stereocenters. The van der Waals surface area contributed by atoms with Gasteiger partial charge in [0.05, 0.1) is 19.3 Å². The van der Waals surface area contributed by atoms with E-state index in [1.807, 2.05) is 0 Å². The number of rotatable bonds is 4. The Morgan fingerprint density at radius 1 is 1.42 bits per heavy atom. The van der Waals surface area contributed by atoms with Gasteiger partial charge < -0.3 is 10.5 Å². The highest BCUT2D eigenvalue weighted by Gasteiger charge is 2.21. The fraction of sp³-hybridized carbons (Fsp3) is 0.250. The highest BCUT2D eigenvalue weighted by molar-refractivity contribution is 5.46. The largest absolute Gasteiger partial charge is 0.497 e. The van der Waals surface area contributed by atoms with E-state index in [1.165, 1.54) is 17.9 Å². The van der Waals surface area contributed by atoms with Crippen molar-refractivity contribution in [1.29, 1.82) is 0 Å². The first-order valence-corrected chi connectivity index (χ1v) is 5.65. The standard InChI is InChI=1S/C12H16FN5O/c1-18-12(14)9(6-16-18)11(17-15)8-4-3-7(19-2)5-10(8)13/h3-6,11,17H,14-15H2,1-2H3. The fourth-order valence-corrected chi connectivity index (χ4v) is 1.90. The summed E-state index contributed by atoms with van der Waals surface area (Å²) in [7, 11) is 3.18. The average molecular weight is 265 g/mol. The van der Waals surface area contributed by atoms with Crippen LogP contribution in [0.5, 0.6) is 5.75 Å². The molecule has 2 aromatic rings. The third kappa shape index (κ3) is 2.38. The van der Waals surface area contributed by atoms with Gasteiger partial charge in [-0.1, -0.05) is 6.07 Å². The van der Waals surface area contributed by atoms with Crippen LogP contribution in [-0.2, 0) is 7.05 Å². The maximum atomic E-state index is 14.1. The van der Waals surface area contributed by atoms with Crippen molar-refractivity contribution in [2.45, 2.75) is 6.04 Å². The van der Waals surface area contributed by atoms with E-state index >= 15 is 0 Å². The molecule has 0 aliphatic heterocycles. The molecule has 0 saturated heterocycles. The molecule has 2 rings (SSSR count). The number of nitrogens with one attached hydrogen (secondary N) is 1. The Morgan fingerprint density at radius 3 is 2.63 bits per heavy atom. The van der Waals surface area contributed by atoms with E-state index in [2.05, 4.69) is 10.5 Å². The Kier molecular flexibility index (Phi) is 3.68. The van der Waals surface area contributed by atoms with Gasteiger partial charge in [0, 0.05) is 24.2 Å². The topological polar surface area (TPSA) is 91.1 Å². The second-order valence-corrected chi connectivity index (χ2v) is 4.10. The molecule has 5 N–H and O–H groups in total. The van der Waals surface area contributed by atoms with E-state index in [1.54, 1.807) is 25.4 Å². The molecule has 0 aliphatic rings. The lowest BCUT2D eigenvalue weighted by atomic mass is 10.0. The molecule has 0 aliphatic carbocycles. The van der Waals surface area contributed by atoms with Crippen molar-refractivity contribution in [1.82, 2.24) is 15.2 Å². The van der Waals surface area contributed by atoms with E-state index < -0.39 is 11.9 Å². The maximum Gasteiger partial charge on any atom is 0.132 e. The Bertz CT molecular complexity index is 583. The van der Waals surface area contributed by atoms with Gasteiger partial charge in [0.1, 0.15) is 17.4 Å². The number of nitrogen functional groups attached to an aromatic ring is 1. The first-order chi connectivity index (χ1) is 9.08. The average Bonchev–Trinajstić information content (AvgIpc) is 2.73. The fourth-order valence-electron chi connectivity index (χ4n) is 1.90. The number of ether oxygens (including phenoxy) is 1. The number of hydrazine groups is 1. The van der Waals surface area contributed by atoms with Crippen molar-refractivity contribution in [2.75, 3.05) is 12.8 Å². The first-order valence-electron chi connectivity index (χ1n) is 5.65. The van der Waals surface area contributed by atoms with Crippen molar-refractivity contribution in [3.05, 3.63) is 41.3 Å². The zero-order chi connectivity index (χ0) is 14.0. The molecule has 102 valence electrons. The number of benzene rings is 1. The minimum atomic E-state index is -0.570. The van der Waals surface area contributed by atoms with E-state index in [0.717, 1.165) is 0 Å². The van der Waals surface area contributed by atoms with Crippen molar-refractivity contribution >= 4 is 5.82 Å². The van der Waals surface area contributed by atoms with E-state index in [9.17, 15) is 4.39 Å². The van der Waals surface area contributed by atoms with Gasteiger partial charge in [-0.25, -0.2) is 9.82 Å². The molecule has 1 aromatic carbocycles. The summed E-state index contributed by atoms with van der Waals surface area (Å²) in [5, 5.41) is 4.02. The smallest absolute Gasteiger partial charge is 0.132 e. The number of aromatic nitrogens is 2. The van der Waals surface area contributed by atoms with Crippen LogP contribution in [0.2, 0.25) is 0 Å². The molecule has 0 amide bonds. The van der Waals surface area contributed by atoms with Crippen LogP contribution in [0, 0.1) is 5.82 Å². The van der Waals surface area contributed by atoms with Crippen LogP contribution in [0.3, 0.4) is 0 Å². The molecule has 7 heteroatoms. The molecular weight excluding hydrogens is 249 g/mol. The third-order valence-electron chi connectivity index (χ3n) is 3.01. The highest BCUT2D eigenvalue weighted by Crippen LogP contribution is 2.29. The Balaban J connectivity index is 2.45. The molecule has 6 nitrogen and oxygen atoms in total. The number of hydrogen-bond acceptors (Lipinski definition) is 5. The van der Waals surface area contributed by atoms with Crippen LogP contribution in [0.25, 0.3) is 0 Å². The van der Waals surface area contributed by atoms with Gasteiger partial charge >= 0.3 is 0 Å². The monoisotopic (exact) mass is 265 g/mol. The number of aryl methyl sites for hydroxylation is 1. The SMILES string of the molecule is COc1ccc(C(NN)c2cnn(C)c2N)c(F)c1. The number of nitrogens with zero attached hydrogens (tertiary/aromatic N) is 2. The van der Waals surface area contributed by atoms with Crippen molar-refractivity contribution in [3.8, 4) is 5.75 Å². The minimum Gasteiger partial charge on any atom is -0.497 e. The predicted octanol–water partition coefficient (Wildman–Crippen LogP) is 0.703. The molecule has 1 unspecified atom stereocenters.